The van der Waals surface area contributed by atoms with Gasteiger partial charge in [-0.1, -0.05) is 18.2 Å². The highest BCUT2D eigenvalue weighted by Gasteiger charge is 2.43. The van der Waals surface area contributed by atoms with Gasteiger partial charge in [-0.2, -0.15) is 4.98 Å². The summed E-state index contributed by atoms with van der Waals surface area (Å²) in [6, 6.07) is 5.54. The number of amides is 1. The van der Waals surface area contributed by atoms with E-state index in [1.165, 1.54) is 44.4 Å². The van der Waals surface area contributed by atoms with Gasteiger partial charge in [-0.3, -0.25) is 10.1 Å². The number of sulfone groups is 1. The largest absolute Gasteiger partial charge is 0.431 e. The number of nitrogens with one attached hydrogen (secondary N) is 1. The summed E-state index contributed by atoms with van der Waals surface area (Å²) in [4.78, 5) is 16.5. The minimum atomic E-state index is -3.94. The molecule has 1 N–H and O–H groups in total. The van der Waals surface area contributed by atoms with Crippen molar-refractivity contribution in [3.63, 3.8) is 0 Å². The first-order chi connectivity index (χ1) is 11.1. The highest BCUT2D eigenvalue weighted by molar-refractivity contribution is 7.93. The van der Waals surface area contributed by atoms with E-state index in [4.69, 9.17) is 16.0 Å². The van der Waals surface area contributed by atoms with Crippen molar-refractivity contribution in [3.8, 4) is 0 Å². The van der Waals surface area contributed by atoms with Gasteiger partial charge in [0, 0.05) is 5.02 Å². The fourth-order valence-corrected chi connectivity index (χ4v) is 3.31. The summed E-state index contributed by atoms with van der Waals surface area (Å²) in [7, 11) is -3.94. The second-order valence-electron chi connectivity index (χ2n) is 5.74. The highest BCUT2D eigenvalue weighted by Crippen LogP contribution is 2.28. The molecule has 0 aliphatic carbocycles. The van der Waals surface area contributed by atoms with E-state index in [-0.39, 0.29) is 10.9 Å². The molecule has 0 saturated carbocycles. The zero-order valence-electron chi connectivity index (χ0n) is 13.5. The van der Waals surface area contributed by atoms with Crippen LogP contribution in [0, 0.1) is 0 Å². The highest BCUT2D eigenvalue weighted by atomic mass is 35.5. The van der Waals surface area contributed by atoms with Crippen molar-refractivity contribution >= 4 is 38.9 Å². The lowest BCUT2D eigenvalue weighted by Gasteiger charge is -2.23. The van der Waals surface area contributed by atoms with E-state index in [1.54, 1.807) is 6.92 Å². The molecule has 2 aromatic rings. The summed E-state index contributed by atoms with van der Waals surface area (Å²) in [5.41, 5.74) is 1.14. The van der Waals surface area contributed by atoms with Crippen LogP contribution in [0.5, 0.6) is 0 Å². The van der Waals surface area contributed by atoms with Gasteiger partial charge in [-0.15, -0.1) is 0 Å². The van der Waals surface area contributed by atoms with Crippen LogP contribution in [0.4, 0.5) is 6.01 Å². The summed E-state index contributed by atoms with van der Waals surface area (Å²) in [5.74, 6) is -0.757. The number of benzene rings is 1. The maximum Gasteiger partial charge on any atom is 0.301 e. The van der Waals surface area contributed by atoms with Crippen molar-refractivity contribution in [2.24, 2.45) is 0 Å². The number of hydrogen-bond donors (Lipinski definition) is 1. The number of aromatic nitrogens is 1. The number of nitrogens with zero attached hydrogens (tertiary/aromatic N) is 1. The molecule has 0 spiro atoms. The Morgan fingerprint density at radius 3 is 2.38 bits per heavy atom. The monoisotopic (exact) mass is 368 g/mol. The molecule has 0 bridgehead atoms. The molecular formula is C16H17ClN2O4S. The molecule has 6 nitrogen and oxygen atoms in total. The Balaban J connectivity index is 2.28. The van der Waals surface area contributed by atoms with Gasteiger partial charge in [-0.05, 0) is 50.6 Å². The minimum Gasteiger partial charge on any atom is -0.431 e. The first-order valence-electron chi connectivity index (χ1n) is 6.99. The fourth-order valence-electron chi connectivity index (χ4n) is 1.81. The second-order valence-corrected chi connectivity index (χ2v) is 8.68. The molecule has 1 aromatic heterocycles. The van der Waals surface area contributed by atoms with Crippen molar-refractivity contribution in [3.05, 3.63) is 47.8 Å². The SMILES string of the molecule is C=C(C)c1coc(NC(=O)C(C)(C)S(=O)(=O)c2ccc(Cl)cc2)n1. The van der Waals surface area contributed by atoms with Crippen molar-refractivity contribution < 1.29 is 17.6 Å². The summed E-state index contributed by atoms with van der Waals surface area (Å²) in [6.07, 6.45) is 1.33. The number of anilines is 1. The topological polar surface area (TPSA) is 89.3 Å². The van der Waals surface area contributed by atoms with E-state index in [0.29, 0.717) is 16.3 Å². The van der Waals surface area contributed by atoms with Crippen molar-refractivity contribution in [2.75, 3.05) is 5.32 Å². The smallest absolute Gasteiger partial charge is 0.301 e. The average Bonchev–Trinajstić information content (AvgIpc) is 2.96. The van der Waals surface area contributed by atoms with Crippen LogP contribution in [0.1, 0.15) is 26.5 Å². The Bertz CT molecular complexity index is 883. The Morgan fingerprint density at radius 1 is 1.29 bits per heavy atom. The van der Waals surface area contributed by atoms with Gasteiger partial charge < -0.3 is 4.42 Å². The molecule has 1 aromatic carbocycles. The third-order valence-electron chi connectivity index (χ3n) is 3.50. The molecule has 0 radical (unpaired) electrons. The average molecular weight is 369 g/mol. The Kier molecular flexibility index (Phi) is 4.87. The Hall–Kier alpha value is -2.12. The number of hydrogen-bond acceptors (Lipinski definition) is 5. The van der Waals surface area contributed by atoms with Crippen LogP contribution >= 0.6 is 11.6 Å². The molecular weight excluding hydrogens is 352 g/mol. The number of carbonyl (C=O) groups excluding carboxylic acids is 1. The fraction of sp³-hybridized carbons (Fsp3) is 0.250. The van der Waals surface area contributed by atoms with E-state index < -0.39 is 20.5 Å². The maximum absolute atomic E-state index is 12.7. The Morgan fingerprint density at radius 2 is 1.88 bits per heavy atom. The summed E-state index contributed by atoms with van der Waals surface area (Å²) in [5, 5.41) is 2.79. The summed E-state index contributed by atoms with van der Waals surface area (Å²) < 4.78 is 28.9. The molecule has 0 saturated heterocycles. The number of halogens is 1. The Labute approximate surface area is 145 Å². The quantitative estimate of drug-likeness (QED) is 0.871. The molecule has 2 rings (SSSR count). The standard InChI is InChI=1S/C16H17ClN2O4S/c1-10(2)13-9-23-15(18-13)19-14(20)16(3,4)24(21,22)12-7-5-11(17)6-8-12/h5-9H,1H2,2-4H3,(H,18,19,20). The lowest BCUT2D eigenvalue weighted by Crippen LogP contribution is -2.44. The molecule has 0 unspecified atom stereocenters. The summed E-state index contributed by atoms with van der Waals surface area (Å²) in [6.45, 7) is 8.07. The van der Waals surface area contributed by atoms with Gasteiger partial charge in [0.1, 0.15) is 16.7 Å². The summed E-state index contributed by atoms with van der Waals surface area (Å²) >= 11 is 5.77. The van der Waals surface area contributed by atoms with Gasteiger partial charge in [-0.25, -0.2) is 8.42 Å². The van der Waals surface area contributed by atoms with E-state index in [9.17, 15) is 13.2 Å². The van der Waals surface area contributed by atoms with Crippen molar-refractivity contribution in [1.82, 2.24) is 4.98 Å². The molecule has 0 aliphatic heterocycles. The van der Waals surface area contributed by atoms with Crippen LogP contribution in [0.2, 0.25) is 5.02 Å². The van der Waals surface area contributed by atoms with Gasteiger partial charge in [0.05, 0.1) is 4.90 Å². The van der Waals surface area contributed by atoms with Crippen LogP contribution < -0.4 is 5.32 Å². The van der Waals surface area contributed by atoms with Gasteiger partial charge >= 0.3 is 6.01 Å². The van der Waals surface area contributed by atoms with Gasteiger partial charge in [0.2, 0.25) is 5.91 Å². The lowest BCUT2D eigenvalue weighted by molar-refractivity contribution is -0.118. The number of rotatable bonds is 5. The molecule has 24 heavy (non-hydrogen) atoms. The van der Waals surface area contributed by atoms with Gasteiger partial charge in [0.15, 0.2) is 9.84 Å². The van der Waals surface area contributed by atoms with Crippen LogP contribution in [-0.4, -0.2) is 24.1 Å². The zero-order valence-corrected chi connectivity index (χ0v) is 15.0. The van der Waals surface area contributed by atoms with Crippen LogP contribution in [0.15, 0.2) is 46.4 Å². The maximum atomic E-state index is 12.7. The van der Waals surface area contributed by atoms with Crippen LogP contribution in [0.25, 0.3) is 5.57 Å². The normalized spacial score (nSPS) is 12.0. The number of allylic oxidation sites excluding steroid dienone is 1. The minimum absolute atomic E-state index is 0.00193. The van der Waals surface area contributed by atoms with Crippen LogP contribution in [0.3, 0.4) is 0 Å². The molecule has 1 amide bonds. The molecule has 0 aliphatic rings. The van der Waals surface area contributed by atoms with Crippen LogP contribution in [-0.2, 0) is 14.6 Å². The molecule has 0 atom stereocenters. The lowest BCUT2D eigenvalue weighted by atomic mass is 10.2. The predicted molar refractivity (Wildman–Crippen MR) is 92.6 cm³/mol. The number of carbonyl (C=O) groups is 1. The van der Waals surface area contributed by atoms with Crippen molar-refractivity contribution in [2.45, 2.75) is 30.4 Å². The van der Waals surface area contributed by atoms with Gasteiger partial charge in [0.25, 0.3) is 0 Å². The van der Waals surface area contributed by atoms with E-state index >= 15 is 0 Å². The van der Waals surface area contributed by atoms with E-state index in [1.807, 2.05) is 0 Å². The van der Waals surface area contributed by atoms with E-state index in [0.717, 1.165) is 0 Å². The first-order valence-corrected chi connectivity index (χ1v) is 8.85. The van der Waals surface area contributed by atoms with Crippen molar-refractivity contribution in [1.29, 1.82) is 0 Å². The molecule has 0 fully saturated rings. The third-order valence-corrected chi connectivity index (χ3v) is 6.18. The molecule has 8 heteroatoms. The third kappa shape index (κ3) is 3.37. The molecule has 1 heterocycles. The van der Waals surface area contributed by atoms with E-state index in [2.05, 4.69) is 16.9 Å². The zero-order chi connectivity index (χ0) is 18.1. The first kappa shape index (κ1) is 18.2. The predicted octanol–water partition coefficient (Wildman–Crippen LogP) is 3.55. The molecule has 128 valence electrons. The number of oxazole rings is 1. The second kappa shape index (κ2) is 6.41.